The molecule has 0 amide bonds. The SMILES string of the molecule is CCCCc1ccc(C2=Cc3ccc(-c4ccc(OC(F)(F)F)cc4)c(F)c3CC2)c(F)c1. The van der Waals surface area contributed by atoms with E-state index in [0.29, 0.717) is 40.7 Å². The van der Waals surface area contributed by atoms with Gasteiger partial charge in [0.1, 0.15) is 17.4 Å². The van der Waals surface area contributed by atoms with E-state index >= 15 is 4.39 Å². The van der Waals surface area contributed by atoms with Crippen molar-refractivity contribution in [3.05, 3.63) is 88.5 Å². The molecule has 1 aliphatic carbocycles. The van der Waals surface area contributed by atoms with Crippen LogP contribution in [0.15, 0.2) is 54.6 Å². The highest BCUT2D eigenvalue weighted by atomic mass is 19.4. The summed E-state index contributed by atoms with van der Waals surface area (Å²) in [5.74, 6) is -1.04. The van der Waals surface area contributed by atoms with Gasteiger partial charge in [-0.15, -0.1) is 13.2 Å². The average molecular weight is 458 g/mol. The lowest BCUT2D eigenvalue weighted by Gasteiger charge is -2.20. The lowest BCUT2D eigenvalue weighted by atomic mass is 9.86. The van der Waals surface area contributed by atoms with Crippen LogP contribution < -0.4 is 4.74 Å². The second kappa shape index (κ2) is 9.38. The molecule has 0 bridgehead atoms. The third kappa shape index (κ3) is 5.27. The van der Waals surface area contributed by atoms with E-state index in [-0.39, 0.29) is 11.6 Å². The monoisotopic (exact) mass is 458 g/mol. The molecule has 0 aliphatic heterocycles. The van der Waals surface area contributed by atoms with E-state index in [9.17, 15) is 17.6 Å². The van der Waals surface area contributed by atoms with Crippen LogP contribution in [0.4, 0.5) is 22.0 Å². The maximum Gasteiger partial charge on any atom is 0.573 e. The average Bonchev–Trinajstić information content (AvgIpc) is 2.77. The van der Waals surface area contributed by atoms with E-state index in [4.69, 9.17) is 0 Å². The fourth-order valence-corrected chi connectivity index (χ4v) is 4.17. The number of fused-ring (bicyclic) bond motifs is 1. The Morgan fingerprint density at radius 2 is 1.61 bits per heavy atom. The van der Waals surface area contributed by atoms with Crippen LogP contribution in [0.1, 0.15) is 48.4 Å². The van der Waals surface area contributed by atoms with Crippen molar-refractivity contribution in [1.29, 1.82) is 0 Å². The van der Waals surface area contributed by atoms with E-state index in [1.807, 2.05) is 12.1 Å². The Morgan fingerprint density at radius 1 is 0.879 bits per heavy atom. The van der Waals surface area contributed by atoms with Gasteiger partial charge < -0.3 is 4.74 Å². The van der Waals surface area contributed by atoms with Gasteiger partial charge in [0.15, 0.2) is 0 Å². The largest absolute Gasteiger partial charge is 0.573 e. The van der Waals surface area contributed by atoms with Gasteiger partial charge in [0.2, 0.25) is 0 Å². The van der Waals surface area contributed by atoms with E-state index in [0.717, 1.165) is 42.5 Å². The molecule has 0 saturated heterocycles. The number of aryl methyl sites for hydroxylation is 1. The molecule has 0 aromatic heterocycles. The smallest absolute Gasteiger partial charge is 0.406 e. The molecule has 0 N–H and O–H groups in total. The maximum atomic E-state index is 15.3. The Morgan fingerprint density at radius 3 is 2.27 bits per heavy atom. The topological polar surface area (TPSA) is 9.23 Å². The number of ether oxygens (including phenoxy) is 1. The number of allylic oxidation sites excluding steroid dienone is 1. The summed E-state index contributed by atoms with van der Waals surface area (Å²) < 4.78 is 71.0. The summed E-state index contributed by atoms with van der Waals surface area (Å²) in [5.41, 5.74) is 4.28. The van der Waals surface area contributed by atoms with Gasteiger partial charge >= 0.3 is 6.36 Å². The zero-order valence-corrected chi connectivity index (χ0v) is 18.1. The predicted molar refractivity (Wildman–Crippen MR) is 120 cm³/mol. The van der Waals surface area contributed by atoms with Crippen molar-refractivity contribution >= 4 is 11.6 Å². The molecule has 0 radical (unpaired) electrons. The Balaban J connectivity index is 1.60. The second-order valence-corrected chi connectivity index (χ2v) is 8.15. The molecule has 0 unspecified atom stereocenters. The molecule has 3 aromatic carbocycles. The molecule has 0 spiro atoms. The third-order valence-corrected chi connectivity index (χ3v) is 5.85. The summed E-state index contributed by atoms with van der Waals surface area (Å²) in [5, 5.41) is 0. The van der Waals surface area contributed by atoms with Crippen LogP contribution in [0.3, 0.4) is 0 Å². The molecule has 0 saturated carbocycles. The predicted octanol–water partition coefficient (Wildman–Crippen LogP) is 8.36. The second-order valence-electron chi connectivity index (χ2n) is 8.15. The first-order chi connectivity index (χ1) is 15.7. The number of hydrogen-bond donors (Lipinski definition) is 0. The molecule has 0 heterocycles. The summed E-state index contributed by atoms with van der Waals surface area (Å²) in [6.07, 6.45) is 0.837. The van der Waals surface area contributed by atoms with Crippen molar-refractivity contribution in [1.82, 2.24) is 0 Å². The van der Waals surface area contributed by atoms with E-state index in [1.165, 1.54) is 12.1 Å². The van der Waals surface area contributed by atoms with E-state index < -0.39 is 12.2 Å². The number of unbranched alkanes of at least 4 members (excludes halogenated alkanes) is 1. The summed E-state index contributed by atoms with van der Waals surface area (Å²) in [7, 11) is 0. The van der Waals surface area contributed by atoms with Crippen LogP contribution in [-0.2, 0) is 12.8 Å². The van der Waals surface area contributed by atoms with Crippen LogP contribution in [-0.4, -0.2) is 6.36 Å². The summed E-state index contributed by atoms with van der Waals surface area (Å²) >= 11 is 0. The summed E-state index contributed by atoms with van der Waals surface area (Å²) in [6.45, 7) is 2.09. The molecular formula is C27H23F5O. The van der Waals surface area contributed by atoms with Gasteiger partial charge in [-0.2, -0.15) is 0 Å². The van der Waals surface area contributed by atoms with E-state index in [1.54, 1.807) is 24.3 Å². The number of hydrogen-bond acceptors (Lipinski definition) is 1. The van der Waals surface area contributed by atoms with Gasteiger partial charge in [-0.25, -0.2) is 8.78 Å². The first-order valence-electron chi connectivity index (χ1n) is 10.9. The van der Waals surface area contributed by atoms with Crippen LogP contribution in [0.2, 0.25) is 0 Å². The molecule has 0 atom stereocenters. The minimum Gasteiger partial charge on any atom is -0.406 e. The first-order valence-corrected chi connectivity index (χ1v) is 10.9. The molecular weight excluding hydrogens is 435 g/mol. The zero-order chi connectivity index (χ0) is 23.6. The standard InChI is InChI=1S/C27H23F5O/c1-2-3-4-17-5-12-22(25(28)15-17)19-8-14-24-20(16-19)9-13-23(26(24)29)18-6-10-21(11-7-18)33-27(30,31)32/h5-7,9-13,15-16H,2-4,8,14H2,1H3. The molecule has 0 fully saturated rings. The number of benzene rings is 3. The third-order valence-electron chi connectivity index (χ3n) is 5.85. The van der Waals surface area contributed by atoms with Crippen LogP contribution >= 0.6 is 0 Å². The Labute approximate surface area is 189 Å². The normalized spacial score (nSPS) is 13.5. The molecule has 33 heavy (non-hydrogen) atoms. The molecule has 6 heteroatoms. The van der Waals surface area contributed by atoms with Gasteiger partial charge in [0.05, 0.1) is 0 Å². The highest BCUT2D eigenvalue weighted by Crippen LogP contribution is 2.37. The Kier molecular flexibility index (Phi) is 6.54. The van der Waals surface area contributed by atoms with Crippen molar-refractivity contribution in [2.75, 3.05) is 0 Å². The highest BCUT2D eigenvalue weighted by molar-refractivity contribution is 5.85. The molecule has 1 aliphatic rings. The minimum atomic E-state index is -4.78. The van der Waals surface area contributed by atoms with E-state index in [2.05, 4.69) is 11.7 Å². The Hall–Kier alpha value is -3.15. The van der Waals surface area contributed by atoms with Crippen molar-refractivity contribution < 1.29 is 26.7 Å². The summed E-state index contributed by atoms with van der Waals surface area (Å²) in [4.78, 5) is 0. The minimum absolute atomic E-state index is 0.267. The van der Waals surface area contributed by atoms with Crippen molar-refractivity contribution in [2.24, 2.45) is 0 Å². The fourth-order valence-electron chi connectivity index (χ4n) is 4.17. The van der Waals surface area contributed by atoms with Gasteiger partial charge in [-0.1, -0.05) is 55.8 Å². The highest BCUT2D eigenvalue weighted by Gasteiger charge is 2.31. The number of alkyl halides is 3. The van der Waals surface area contributed by atoms with Gasteiger partial charge in [0.25, 0.3) is 0 Å². The van der Waals surface area contributed by atoms with Gasteiger partial charge in [-0.05, 0) is 71.7 Å². The molecule has 4 rings (SSSR count). The Bertz CT molecular complexity index is 1180. The zero-order valence-electron chi connectivity index (χ0n) is 18.1. The quantitative estimate of drug-likeness (QED) is 0.337. The molecule has 172 valence electrons. The maximum absolute atomic E-state index is 15.3. The molecule has 1 nitrogen and oxygen atoms in total. The van der Waals surface area contributed by atoms with Crippen LogP contribution in [0, 0.1) is 11.6 Å². The lowest BCUT2D eigenvalue weighted by Crippen LogP contribution is -2.16. The lowest BCUT2D eigenvalue weighted by molar-refractivity contribution is -0.274. The van der Waals surface area contributed by atoms with Crippen molar-refractivity contribution in [3.8, 4) is 16.9 Å². The van der Waals surface area contributed by atoms with Crippen LogP contribution in [0.25, 0.3) is 22.8 Å². The first kappa shape index (κ1) is 23.0. The fraction of sp³-hybridized carbons (Fsp3) is 0.259. The molecule has 3 aromatic rings. The van der Waals surface area contributed by atoms with Crippen molar-refractivity contribution in [2.45, 2.75) is 45.4 Å². The van der Waals surface area contributed by atoms with Gasteiger partial charge in [0, 0.05) is 11.1 Å². The summed E-state index contributed by atoms with van der Waals surface area (Å²) in [6, 6.07) is 13.8. The van der Waals surface area contributed by atoms with Crippen LogP contribution in [0.5, 0.6) is 5.75 Å². The number of rotatable bonds is 6. The number of halogens is 5. The van der Waals surface area contributed by atoms with Gasteiger partial charge in [-0.3, -0.25) is 0 Å². The van der Waals surface area contributed by atoms with Crippen molar-refractivity contribution in [3.63, 3.8) is 0 Å².